The van der Waals surface area contributed by atoms with Crippen LogP contribution >= 0.6 is 20.4 Å². The predicted octanol–water partition coefficient (Wildman–Crippen LogP) is 1.37. The Morgan fingerprint density at radius 1 is 1.70 bits per heavy atom. The van der Waals surface area contributed by atoms with Crippen molar-refractivity contribution < 1.29 is 0 Å². The molecule has 0 aromatic carbocycles. The van der Waals surface area contributed by atoms with E-state index < -0.39 is 0 Å². The van der Waals surface area contributed by atoms with Crippen molar-refractivity contribution in [3.8, 4) is 0 Å². The smallest absolute Gasteiger partial charge is 0.153 e. The van der Waals surface area contributed by atoms with Crippen LogP contribution in [0.25, 0.3) is 0 Å². The van der Waals surface area contributed by atoms with Gasteiger partial charge >= 0.3 is 0 Å². The second-order valence-electron chi connectivity index (χ2n) is 1.94. The van der Waals surface area contributed by atoms with Crippen molar-refractivity contribution in [1.82, 2.24) is 4.42 Å². The van der Waals surface area contributed by atoms with Gasteiger partial charge in [-0.15, -0.1) is 0 Å². The Balaban J connectivity index is 2.39. The van der Waals surface area contributed by atoms with E-state index in [0.717, 1.165) is 26.0 Å². The van der Waals surface area contributed by atoms with E-state index in [0.29, 0.717) is 0 Å². The van der Waals surface area contributed by atoms with E-state index in [4.69, 9.17) is 11.8 Å². The Hall–Kier alpha value is -0.400. The van der Waals surface area contributed by atoms with Crippen LogP contribution in [0, 0.1) is 0 Å². The maximum atomic E-state index is 5.73. The number of amidine groups is 1. The van der Waals surface area contributed by atoms with Gasteiger partial charge in [-0.3, -0.25) is 4.99 Å². The summed E-state index contributed by atoms with van der Waals surface area (Å²) in [5, 5.41) is 1.16. The van der Waals surface area contributed by atoms with E-state index in [1.165, 1.54) is 4.42 Å². The lowest BCUT2D eigenvalue weighted by atomic mass is 10.5. The number of halogens is 1. The second kappa shape index (κ2) is 2.33. The van der Waals surface area contributed by atoms with Gasteiger partial charge in [-0.25, -0.2) is 9.41 Å². The maximum Gasteiger partial charge on any atom is 0.153 e. The monoisotopic (exact) mass is 173 g/mol. The fourth-order valence-corrected chi connectivity index (χ4v) is 2.06. The van der Waals surface area contributed by atoms with Gasteiger partial charge in [-0.05, 0) is 0 Å². The molecule has 0 radical (unpaired) electrons. The highest BCUT2D eigenvalue weighted by Crippen LogP contribution is 2.34. The summed E-state index contributed by atoms with van der Waals surface area (Å²) in [5.41, 5.74) is 0. The molecule has 10 heavy (non-hydrogen) atoms. The number of nitrogens with zero attached hydrogens (tertiary/aromatic N) is 3. The molecule has 0 N–H and O–H groups in total. The van der Waals surface area contributed by atoms with Crippen LogP contribution in [0.15, 0.2) is 21.5 Å². The van der Waals surface area contributed by atoms with Crippen molar-refractivity contribution >= 4 is 32.5 Å². The van der Waals surface area contributed by atoms with Gasteiger partial charge in [0.25, 0.3) is 0 Å². The molecule has 1 atom stereocenters. The first-order valence-electron chi connectivity index (χ1n) is 2.85. The zero-order chi connectivity index (χ0) is 6.97. The molecule has 0 fully saturated rings. The SMILES string of the molecule is ClN1C=NC=C2PCN=C21. The van der Waals surface area contributed by atoms with Crippen LogP contribution in [-0.2, 0) is 0 Å². The van der Waals surface area contributed by atoms with Crippen molar-refractivity contribution in [2.45, 2.75) is 0 Å². The Morgan fingerprint density at radius 2 is 2.60 bits per heavy atom. The van der Waals surface area contributed by atoms with Crippen molar-refractivity contribution in [1.29, 1.82) is 0 Å². The third kappa shape index (κ3) is 0.862. The minimum Gasteiger partial charge on any atom is -0.262 e. The van der Waals surface area contributed by atoms with E-state index in [-0.39, 0.29) is 0 Å². The Kier molecular flexibility index (Phi) is 1.47. The number of hydrogen-bond acceptors (Lipinski definition) is 3. The number of hydrogen-bond donors (Lipinski definition) is 0. The molecule has 0 aromatic heterocycles. The van der Waals surface area contributed by atoms with Gasteiger partial charge in [0.15, 0.2) is 5.84 Å². The van der Waals surface area contributed by atoms with Crippen molar-refractivity contribution in [3.63, 3.8) is 0 Å². The fraction of sp³-hybridized carbons (Fsp3) is 0.200. The summed E-state index contributed by atoms with van der Waals surface area (Å²) in [6.07, 6.45) is 4.25. The van der Waals surface area contributed by atoms with Gasteiger partial charge < -0.3 is 0 Å². The van der Waals surface area contributed by atoms with Crippen molar-refractivity contribution in [2.24, 2.45) is 9.98 Å². The van der Waals surface area contributed by atoms with E-state index in [2.05, 4.69) is 9.98 Å². The van der Waals surface area contributed by atoms with Gasteiger partial charge in [-0.2, -0.15) is 0 Å². The molecule has 5 heteroatoms. The van der Waals surface area contributed by atoms with Gasteiger partial charge in [-0.1, -0.05) is 8.58 Å². The lowest BCUT2D eigenvalue weighted by Gasteiger charge is -2.12. The molecular formula is C5H5ClN3P. The molecule has 0 saturated heterocycles. The standard InChI is InChI=1S/C5H5ClN3P/c6-9-2-7-1-4-5(9)8-3-10-4/h1-2,10H,3H2. The van der Waals surface area contributed by atoms with Crippen LogP contribution in [0.1, 0.15) is 0 Å². The lowest BCUT2D eigenvalue weighted by molar-refractivity contribution is 0.997. The molecule has 0 aliphatic carbocycles. The largest absolute Gasteiger partial charge is 0.262 e. The second-order valence-corrected chi connectivity index (χ2v) is 3.51. The third-order valence-corrected chi connectivity index (χ3v) is 2.61. The highest BCUT2D eigenvalue weighted by molar-refractivity contribution is 7.45. The van der Waals surface area contributed by atoms with Crippen LogP contribution in [0.2, 0.25) is 0 Å². The maximum absolute atomic E-state index is 5.73. The predicted molar refractivity (Wildman–Crippen MR) is 44.9 cm³/mol. The van der Waals surface area contributed by atoms with Crippen LogP contribution < -0.4 is 0 Å². The molecule has 2 heterocycles. The Morgan fingerprint density at radius 3 is 3.40 bits per heavy atom. The van der Waals surface area contributed by atoms with Crippen molar-refractivity contribution in [2.75, 3.05) is 6.29 Å². The summed E-state index contributed by atoms with van der Waals surface area (Å²) in [4.78, 5) is 8.14. The van der Waals surface area contributed by atoms with E-state index in [1.54, 1.807) is 6.34 Å². The van der Waals surface area contributed by atoms with Gasteiger partial charge in [0.05, 0.1) is 6.29 Å². The first kappa shape index (κ1) is 6.32. The molecule has 2 aliphatic rings. The summed E-state index contributed by atoms with van der Waals surface area (Å²) in [6.45, 7) is 0. The van der Waals surface area contributed by atoms with Gasteiger partial charge in [0, 0.05) is 23.3 Å². The number of rotatable bonds is 0. The van der Waals surface area contributed by atoms with Crippen LogP contribution in [0.4, 0.5) is 0 Å². The topological polar surface area (TPSA) is 28.0 Å². The number of aliphatic imine (C=N–C) groups is 2. The molecular weight excluding hydrogens is 169 g/mol. The normalized spacial score (nSPS) is 24.7. The first-order valence-corrected chi connectivity index (χ1v) is 4.39. The molecule has 0 saturated carbocycles. The molecule has 2 aliphatic heterocycles. The van der Waals surface area contributed by atoms with E-state index in [1.807, 2.05) is 6.20 Å². The zero-order valence-corrected chi connectivity index (χ0v) is 6.84. The van der Waals surface area contributed by atoms with Crippen LogP contribution in [0.3, 0.4) is 0 Å². The average molecular weight is 174 g/mol. The highest BCUT2D eigenvalue weighted by Gasteiger charge is 2.19. The van der Waals surface area contributed by atoms with E-state index >= 15 is 0 Å². The summed E-state index contributed by atoms with van der Waals surface area (Å²) in [7, 11) is 0.742. The van der Waals surface area contributed by atoms with Crippen LogP contribution in [0.5, 0.6) is 0 Å². The molecule has 0 bridgehead atoms. The molecule has 1 unspecified atom stereocenters. The Bertz CT molecular complexity index is 245. The summed E-state index contributed by atoms with van der Waals surface area (Å²) in [5.74, 6) is 0.870. The van der Waals surface area contributed by atoms with E-state index in [9.17, 15) is 0 Å². The average Bonchev–Trinajstić information content (AvgIpc) is 2.36. The fourth-order valence-electron chi connectivity index (χ4n) is 0.871. The van der Waals surface area contributed by atoms with Gasteiger partial charge in [0.2, 0.25) is 0 Å². The quantitative estimate of drug-likeness (QED) is 0.402. The Labute approximate surface area is 65.4 Å². The van der Waals surface area contributed by atoms with Crippen molar-refractivity contribution in [3.05, 3.63) is 11.5 Å². The third-order valence-electron chi connectivity index (χ3n) is 1.31. The molecule has 0 aromatic rings. The number of fused-ring (bicyclic) bond motifs is 1. The molecule has 2 rings (SSSR count). The minimum absolute atomic E-state index is 0.742. The zero-order valence-electron chi connectivity index (χ0n) is 5.08. The molecule has 0 spiro atoms. The van der Waals surface area contributed by atoms with Crippen LogP contribution in [-0.4, -0.2) is 22.9 Å². The van der Waals surface area contributed by atoms with Gasteiger partial charge in [0.1, 0.15) is 6.34 Å². The summed E-state index contributed by atoms with van der Waals surface area (Å²) >= 11 is 5.73. The lowest BCUT2D eigenvalue weighted by Crippen LogP contribution is -2.20. The molecule has 3 nitrogen and oxygen atoms in total. The minimum atomic E-state index is 0.742. The summed E-state index contributed by atoms with van der Waals surface area (Å²) < 4.78 is 1.44. The molecule has 0 amide bonds. The highest BCUT2D eigenvalue weighted by atomic mass is 35.5. The summed E-state index contributed by atoms with van der Waals surface area (Å²) in [6, 6.07) is 0. The first-order chi connectivity index (χ1) is 4.88. The molecule has 52 valence electrons.